The lowest BCUT2D eigenvalue weighted by molar-refractivity contribution is 0.100. The summed E-state index contributed by atoms with van der Waals surface area (Å²) in [6.07, 6.45) is 3.39. The molecule has 0 aliphatic carbocycles. The Morgan fingerprint density at radius 3 is 2.56 bits per heavy atom. The fourth-order valence-electron chi connectivity index (χ4n) is 2.60. The van der Waals surface area contributed by atoms with Gasteiger partial charge in [-0.25, -0.2) is 0 Å². The normalized spacial score (nSPS) is 14.8. The Kier molecular flexibility index (Phi) is 5.76. The fraction of sp³-hybridized carbons (Fsp3) is 0.667. The van der Waals surface area contributed by atoms with Crippen molar-refractivity contribution in [3.8, 4) is 0 Å². The van der Waals surface area contributed by atoms with Crippen LogP contribution in [-0.2, 0) is 6.54 Å². The fourth-order valence-corrected chi connectivity index (χ4v) is 2.60. The lowest BCUT2D eigenvalue weighted by atomic mass is 9.89. The van der Waals surface area contributed by atoms with Crippen molar-refractivity contribution in [3.63, 3.8) is 0 Å². The van der Waals surface area contributed by atoms with Gasteiger partial charge >= 0.3 is 0 Å². The van der Waals surface area contributed by atoms with E-state index in [-0.39, 0.29) is 5.54 Å². The van der Waals surface area contributed by atoms with Gasteiger partial charge in [0.2, 0.25) is 0 Å². The zero-order chi connectivity index (χ0) is 13.6. The maximum absolute atomic E-state index is 6.03. The van der Waals surface area contributed by atoms with Crippen LogP contribution < -0.4 is 5.73 Å². The van der Waals surface area contributed by atoms with Gasteiger partial charge < -0.3 is 5.73 Å². The van der Waals surface area contributed by atoms with Gasteiger partial charge in [-0.3, -0.25) is 9.88 Å². The first kappa shape index (κ1) is 15.1. The molecule has 0 aromatic carbocycles. The van der Waals surface area contributed by atoms with Gasteiger partial charge in [-0.05, 0) is 38.9 Å². The Bertz CT molecular complexity index is 359. The molecule has 1 rings (SSSR count). The largest absolute Gasteiger partial charge is 0.329 e. The Morgan fingerprint density at radius 2 is 2.06 bits per heavy atom. The van der Waals surface area contributed by atoms with Crippen molar-refractivity contribution < 1.29 is 0 Å². The van der Waals surface area contributed by atoms with Crippen molar-refractivity contribution in [2.24, 2.45) is 5.73 Å². The van der Waals surface area contributed by atoms with E-state index in [9.17, 15) is 0 Å². The zero-order valence-corrected chi connectivity index (χ0v) is 12.2. The number of aromatic nitrogens is 1. The monoisotopic (exact) mass is 249 g/mol. The number of rotatable bonds is 7. The second-order valence-corrected chi connectivity index (χ2v) is 5.16. The molecular weight excluding hydrogens is 222 g/mol. The summed E-state index contributed by atoms with van der Waals surface area (Å²) in [4.78, 5) is 6.95. The van der Waals surface area contributed by atoms with Crippen LogP contribution in [0.2, 0.25) is 0 Å². The van der Waals surface area contributed by atoms with E-state index >= 15 is 0 Å². The maximum Gasteiger partial charge on any atom is 0.0547 e. The molecule has 1 heterocycles. The second kappa shape index (κ2) is 6.86. The van der Waals surface area contributed by atoms with Crippen molar-refractivity contribution >= 4 is 0 Å². The van der Waals surface area contributed by atoms with Gasteiger partial charge in [-0.15, -0.1) is 0 Å². The SMILES string of the molecule is CCCC(CC)(CN)N(C)Cc1cccc(C)n1. The third-order valence-electron chi connectivity index (χ3n) is 3.91. The van der Waals surface area contributed by atoms with E-state index in [1.54, 1.807) is 0 Å². The first-order chi connectivity index (χ1) is 8.57. The van der Waals surface area contributed by atoms with Crippen LogP contribution >= 0.6 is 0 Å². The van der Waals surface area contributed by atoms with Crippen LogP contribution in [0.25, 0.3) is 0 Å². The molecule has 0 spiro atoms. The minimum atomic E-state index is 0.111. The number of likely N-dealkylation sites (N-methyl/N-ethyl adjacent to an activating group) is 1. The maximum atomic E-state index is 6.03. The molecule has 0 saturated heterocycles. The highest BCUT2D eigenvalue weighted by Gasteiger charge is 2.30. The topological polar surface area (TPSA) is 42.1 Å². The van der Waals surface area contributed by atoms with Gasteiger partial charge in [-0.1, -0.05) is 26.3 Å². The van der Waals surface area contributed by atoms with Gasteiger partial charge in [-0.2, -0.15) is 0 Å². The molecule has 1 unspecified atom stereocenters. The van der Waals surface area contributed by atoms with E-state index in [4.69, 9.17) is 5.73 Å². The van der Waals surface area contributed by atoms with Gasteiger partial charge in [0.1, 0.15) is 0 Å². The quantitative estimate of drug-likeness (QED) is 0.808. The number of hydrogen-bond acceptors (Lipinski definition) is 3. The highest BCUT2D eigenvalue weighted by Crippen LogP contribution is 2.24. The summed E-state index contributed by atoms with van der Waals surface area (Å²) in [6, 6.07) is 6.19. The summed E-state index contributed by atoms with van der Waals surface area (Å²) >= 11 is 0. The summed E-state index contributed by atoms with van der Waals surface area (Å²) in [5, 5.41) is 0. The van der Waals surface area contributed by atoms with E-state index in [1.165, 1.54) is 0 Å². The van der Waals surface area contributed by atoms with Crippen molar-refractivity contribution in [3.05, 3.63) is 29.6 Å². The number of nitrogens with two attached hydrogens (primary N) is 1. The third kappa shape index (κ3) is 3.53. The number of hydrogen-bond donors (Lipinski definition) is 1. The van der Waals surface area contributed by atoms with Crippen LogP contribution in [0, 0.1) is 6.92 Å². The Morgan fingerprint density at radius 1 is 1.33 bits per heavy atom. The zero-order valence-electron chi connectivity index (χ0n) is 12.2. The lowest BCUT2D eigenvalue weighted by Crippen LogP contribution is -2.51. The smallest absolute Gasteiger partial charge is 0.0547 e. The minimum Gasteiger partial charge on any atom is -0.329 e. The molecule has 0 radical (unpaired) electrons. The average Bonchev–Trinajstić information content (AvgIpc) is 2.36. The van der Waals surface area contributed by atoms with Crippen molar-refractivity contribution in [2.75, 3.05) is 13.6 Å². The molecule has 3 heteroatoms. The molecule has 1 aromatic rings. The van der Waals surface area contributed by atoms with E-state index in [0.717, 1.165) is 37.2 Å². The van der Waals surface area contributed by atoms with E-state index in [2.05, 4.69) is 42.9 Å². The first-order valence-corrected chi connectivity index (χ1v) is 6.91. The molecule has 102 valence electrons. The molecule has 0 aliphatic rings. The van der Waals surface area contributed by atoms with Crippen LogP contribution in [-0.4, -0.2) is 29.0 Å². The molecule has 1 aromatic heterocycles. The van der Waals surface area contributed by atoms with Crippen LogP contribution in [0.5, 0.6) is 0 Å². The number of nitrogens with zero attached hydrogens (tertiary/aromatic N) is 2. The molecule has 0 fully saturated rings. The highest BCUT2D eigenvalue weighted by molar-refractivity contribution is 5.10. The van der Waals surface area contributed by atoms with Crippen molar-refractivity contribution in [1.29, 1.82) is 0 Å². The standard InChI is InChI=1S/C15H27N3/c1-5-10-15(6-2,12-16)18(4)11-14-9-7-8-13(3)17-14/h7-9H,5-6,10-12,16H2,1-4H3. The number of pyridine rings is 1. The molecule has 18 heavy (non-hydrogen) atoms. The molecule has 0 aliphatic heterocycles. The van der Waals surface area contributed by atoms with Gasteiger partial charge in [0.15, 0.2) is 0 Å². The molecule has 0 saturated carbocycles. The number of aryl methyl sites for hydroxylation is 1. The summed E-state index contributed by atoms with van der Waals surface area (Å²) in [7, 11) is 2.16. The molecule has 3 nitrogen and oxygen atoms in total. The predicted molar refractivity (Wildman–Crippen MR) is 77.4 cm³/mol. The average molecular weight is 249 g/mol. The predicted octanol–water partition coefficient (Wildman–Crippen LogP) is 2.73. The Labute approximate surface area is 111 Å². The third-order valence-corrected chi connectivity index (χ3v) is 3.91. The lowest BCUT2D eigenvalue weighted by Gasteiger charge is -2.40. The molecule has 1 atom stereocenters. The molecule has 0 amide bonds. The van der Waals surface area contributed by atoms with Crippen molar-refractivity contribution in [1.82, 2.24) is 9.88 Å². The minimum absolute atomic E-state index is 0.111. The van der Waals surface area contributed by atoms with E-state index in [1.807, 2.05) is 13.0 Å². The van der Waals surface area contributed by atoms with Crippen molar-refractivity contribution in [2.45, 2.75) is 52.1 Å². The highest BCUT2D eigenvalue weighted by atomic mass is 15.2. The summed E-state index contributed by atoms with van der Waals surface area (Å²) in [5.41, 5.74) is 8.34. The van der Waals surface area contributed by atoms with E-state index in [0.29, 0.717) is 6.54 Å². The van der Waals surface area contributed by atoms with Crippen LogP contribution in [0.3, 0.4) is 0 Å². The molecule has 0 bridgehead atoms. The Hall–Kier alpha value is -0.930. The van der Waals surface area contributed by atoms with Gasteiger partial charge in [0, 0.05) is 24.3 Å². The van der Waals surface area contributed by atoms with Gasteiger partial charge in [0.05, 0.1) is 5.69 Å². The Balaban J connectivity index is 2.81. The van der Waals surface area contributed by atoms with Gasteiger partial charge in [0.25, 0.3) is 0 Å². The first-order valence-electron chi connectivity index (χ1n) is 6.91. The molecular formula is C15H27N3. The molecule has 2 N–H and O–H groups in total. The summed E-state index contributed by atoms with van der Waals surface area (Å²) in [6.45, 7) is 8.05. The van der Waals surface area contributed by atoms with E-state index < -0.39 is 0 Å². The van der Waals surface area contributed by atoms with Crippen LogP contribution in [0.1, 0.15) is 44.5 Å². The van der Waals surface area contributed by atoms with Crippen LogP contribution in [0.15, 0.2) is 18.2 Å². The summed E-state index contributed by atoms with van der Waals surface area (Å²) in [5.74, 6) is 0. The second-order valence-electron chi connectivity index (χ2n) is 5.16. The summed E-state index contributed by atoms with van der Waals surface area (Å²) < 4.78 is 0. The van der Waals surface area contributed by atoms with Crippen LogP contribution in [0.4, 0.5) is 0 Å².